The van der Waals surface area contributed by atoms with Gasteiger partial charge in [0.15, 0.2) is 0 Å². The highest BCUT2D eigenvalue weighted by atomic mass is 16.5. The van der Waals surface area contributed by atoms with Gasteiger partial charge in [0, 0.05) is 25.2 Å². The van der Waals surface area contributed by atoms with Crippen LogP contribution in [0.3, 0.4) is 0 Å². The molecule has 0 amide bonds. The maximum absolute atomic E-state index is 10.4. The number of furan rings is 1. The van der Waals surface area contributed by atoms with Gasteiger partial charge in [-0.25, -0.2) is 0 Å². The zero-order valence-electron chi connectivity index (χ0n) is 16.7. The highest BCUT2D eigenvalue weighted by Gasteiger charge is 2.18. The number of rotatable bonds is 12. The molecule has 2 atom stereocenters. The van der Waals surface area contributed by atoms with E-state index in [1.807, 2.05) is 30.3 Å². The van der Waals surface area contributed by atoms with E-state index in [-0.39, 0.29) is 6.61 Å². The molecule has 0 spiro atoms. The molecule has 0 aliphatic heterocycles. The number of benzene rings is 1. The molecule has 0 fully saturated rings. The van der Waals surface area contributed by atoms with Gasteiger partial charge in [-0.2, -0.15) is 0 Å². The third-order valence-electron chi connectivity index (χ3n) is 4.59. The number of hydrogen-bond acceptors (Lipinski definition) is 6. The van der Waals surface area contributed by atoms with Crippen molar-refractivity contribution in [2.24, 2.45) is 0 Å². The molecule has 0 aliphatic carbocycles. The zero-order valence-corrected chi connectivity index (χ0v) is 16.7. The Morgan fingerprint density at radius 3 is 2.41 bits per heavy atom. The molecule has 1 N–H and O–H groups in total. The van der Waals surface area contributed by atoms with E-state index >= 15 is 0 Å². The van der Waals surface area contributed by atoms with Crippen LogP contribution in [0.2, 0.25) is 0 Å². The van der Waals surface area contributed by atoms with Gasteiger partial charge in [-0.15, -0.1) is 0 Å². The predicted molar refractivity (Wildman–Crippen MR) is 104 cm³/mol. The Kier molecular flexibility index (Phi) is 8.64. The molecule has 1 heterocycles. The standard InChI is InChI=1S/C21H31NO5/c1-5-16(2)22(12-17-9-20(24-3)11-21(10-17)25-4)13-18(23)14-26-15-19-7-6-8-27-19/h6-11,16,18,23H,5,12-15H2,1-4H3/t16-,18+/m1/s1. The van der Waals surface area contributed by atoms with Crippen molar-refractivity contribution in [3.8, 4) is 11.5 Å². The fraction of sp³-hybridized carbons (Fsp3) is 0.524. The van der Waals surface area contributed by atoms with Crippen LogP contribution in [0.15, 0.2) is 41.0 Å². The second-order valence-corrected chi connectivity index (χ2v) is 6.66. The summed E-state index contributed by atoms with van der Waals surface area (Å²) < 4.78 is 21.5. The number of aliphatic hydroxyl groups excluding tert-OH is 1. The molecule has 6 nitrogen and oxygen atoms in total. The largest absolute Gasteiger partial charge is 0.497 e. The Morgan fingerprint density at radius 2 is 1.85 bits per heavy atom. The first-order valence-electron chi connectivity index (χ1n) is 9.29. The lowest BCUT2D eigenvalue weighted by molar-refractivity contribution is -0.00273. The molecule has 0 bridgehead atoms. The Morgan fingerprint density at radius 1 is 1.15 bits per heavy atom. The van der Waals surface area contributed by atoms with Crippen molar-refractivity contribution in [1.82, 2.24) is 4.90 Å². The number of aliphatic hydroxyl groups is 1. The molecule has 2 rings (SSSR count). The van der Waals surface area contributed by atoms with E-state index < -0.39 is 6.10 Å². The van der Waals surface area contributed by atoms with Gasteiger partial charge in [0.2, 0.25) is 0 Å². The van der Waals surface area contributed by atoms with Crippen molar-refractivity contribution < 1.29 is 23.7 Å². The first-order chi connectivity index (χ1) is 13.0. The Balaban J connectivity index is 1.95. The first kappa shape index (κ1) is 21.3. The van der Waals surface area contributed by atoms with E-state index in [4.69, 9.17) is 18.6 Å². The lowest BCUT2D eigenvalue weighted by atomic mass is 10.1. The molecule has 150 valence electrons. The van der Waals surface area contributed by atoms with Crippen molar-refractivity contribution in [3.63, 3.8) is 0 Å². The molecule has 27 heavy (non-hydrogen) atoms. The molecule has 0 radical (unpaired) electrons. The van der Waals surface area contributed by atoms with Crippen LogP contribution in [-0.4, -0.2) is 49.5 Å². The van der Waals surface area contributed by atoms with Crippen molar-refractivity contribution in [1.29, 1.82) is 0 Å². The van der Waals surface area contributed by atoms with Crippen molar-refractivity contribution in [2.75, 3.05) is 27.4 Å². The third kappa shape index (κ3) is 6.90. The minimum absolute atomic E-state index is 0.259. The van der Waals surface area contributed by atoms with Crippen LogP contribution in [0.5, 0.6) is 11.5 Å². The number of hydrogen-bond donors (Lipinski definition) is 1. The average Bonchev–Trinajstić information content (AvgIpc) is 3.19. The number of methoxy groups -OCH3 is 2. The van der Waals surface area contributed by atoms with Crippen LogP contribution in [-0.2, 0) is 17.9 Å². The third-order valence-corrected chi connectivity index (χ3v) is 4.59. The normalized spacial score (nSPS) is 13.6. The van der Waals surface area contributed by atoms with Crippen molar-refractivity contribution in [2.45, 2.75) is 45.6 Å². The summed E-state index contributed by atoms with van der Waals surface area (Å²) in [4.78, 5) is 2.25. The lowest BCUT2D eigenvalue weighted by Crippen LogP contribution is -2.39. The van der Waals surface area contributed by atoms with Gasteiger partial charge >= 0.3 is 0 Å². The minimum Gasteiger partial charge on any atom is -0.497 e. The van der Waals surface area contributed by atoms with Crippen LogP contribution in [0.25, 0.3) is 0 Å². The van der Waals surface area contributed by atoms with E-state index in [0.29, 0.717) is 25.7 Å². The van der Waals surface area contributed by atoms with Crippen LogP contribution in [0, 0.1) is 0 Å². The quantitative estimate of drug-likeness (QED) is 0.611. The van der Waals surface area contributed by atoms with E-state index in [1.54, 1.807) is 20.5 Å². The summed E-state index contributed by atoms with van der Waals surface area (Å²) in [6.07, 6.45) is 2.02. The van der Waals surface area contributed by atoms with Gasteiger partial charge in [0.05, 0.1) is 33.2 Å². The molecule has 1 aromatic carbocycles. The Labute approximate surface area is 161 Å². The summed E-state index contributed by atoms with van der Waals surface area (Å²) in [6.45, 7) is 6.14. The fourth-order valence-corrected chi connectivity index (χ4v) is 2.86. The first-order valence-corrected chi connectivity index (χ1v) is 9.29. The maximum Gasteiger partial charge on any atom is 0.129 e. The summed E-state index contributed by atoms with van der Waals surface area (Å²) in [7, 11) is 3.29. The van der Waals surface area contributed by atoms with Crippen LogP contribution in [0.4, 0.5) is 0 Å². The molecule has 0 saturated carbocycles. The van der Waals surface area contributed by atoms with Crippen molar-refractivity contribution >= 4 is 0 Å². The molecular formula is C21H31NO5. The molecule has 6 heteroatoms. The summed E-state index contributed by atoms with van der Waals surface area (Å²) >= 11 is 0. The molecule has 2 aromatic rings. The summed E-state index contributed by atoms with van der Waals surface area (Å²) in [5.41, 5.74) is 1.08. The SMILES string of the molecule is CC[C@@H](C)N(Cc1cc(OC)cc(OC)c1)C[C@H](O)COCc1ccco1. The van der Waals surface area contributed by atoms with Crippen molar-refractivity contribution in [3.05, 3.63) is 47.9 Å². The van der Waals surface area contributed by atoms with Crippen LogP contribution < -0.4 is 9.47 Å². The lowest BCUT2D eigenvalue weighted by Gasteiger charge is -2.30. The number of ether oxygens (including phenoxy) is 3. The van der Waals surface area contributed by atoms with Gasteiger partial charge < -0.3 is 23.7 Å². The van der Waals surface area contributed by atoms with Gasteiger partial charge in [0.1, 0.15) is 23.9 Å². The van der Waals surface area contributed by atoms with Crippen LogP contribution in [0.1, 0.15) is 31.6 Å². The molecule has 0 saturated heterocycles. The smallest absolute Gasteiger partial charge is 0.129 e. The van der Waals surface area contributed by atoms with Gasteiger partial charge in [-0.1, -0.05) is 6.92 Å². The summed E-state index contributed by atoms with van der Waals surface area (Å²) in [6, 6.07) is 9.85. The second kappa shape index (κ2) is 11.0. The average molecular weight is 377 g/mol. The highest BCUT2D eigenvalue weighted by Crippen LogP contribution is 2.24. The topological polar surface area (TPSA) is 64.3 Å². The summed E-state index contributed by atoms with van der Waals surface area (Å²) in [5.74, 6) is 2.27. The van der Waals surface area contributed by atoms with E-state index in [1.165, 1.54) is 0 Å². The highest BCUT2D eigenvalue weighted by molar-refractivity contribution is 5.38. The number of nitrogens with zero attached hydrogens (tertiary/aromatic N) is 1. The Hall–Kier alpha value is -2.02. The molecule has 0 aliphatic rings. The van der Waals surface area contributed by atoms with Gasteiger partial charge in [-0.05, 0) is 43.2 Å². The van der Waals surface area contributed by atoms with Crippen LogP contribution >= 0.6 is 0 Å². The van der Waals surface area contributed by atoms with E-state index in [0.717, 1.165) is 29.2 Å². The zero-order chi connectivity index (χ0) is 19.6. The summed E-state index contributed by atoms with van der Waals surface area (Å²) in [5, 5.41) is 10.4. The predicted octanol–water partition coefficient (Wildman–Crippen LogP) is 3.48. The van der Waals surface area contributed by atoms with Gasteiger partial charge in [-0.3, -0.25) is 4.90 Å². The van der Waals surface area contributed by atoms with Gasteiger partial charge in [0.25, 0.3) is 0 Å². The Bertz CT molecular complexity index is 636. The van der Waals surface area contributed by atoms with E-state index in [9.17, 15) is 5.11 Å². The second-order valence-electron chi connectivity index (χ2n) is 6.66. The maximum atomic E-state index is 10.4. The molecule has 0 unspecified atom stereocenters. The minimum atomic E-state index is -0.582. The fourth-order valence-electron chi connectivity index (χ4n) is 2.86. The molecular weight excluding hydrogens is 346 g/mol. The van der Waals surface area contributed by atoms with E-state index in [2.05, 4.69) is 18.7 Å². The molecule has 1 aromatic heterocycles. The monoisotopic (exact) mass is 377 g/mol.